The second-order valence-corrected chi connectivity index (χ2v) is 10.4. The van der Waals surface area contributed by atoms with Gasteiger partial charge in [0.2, 0.25) is 10.0 Å². The van der Waals surface area contributed by atoms with Crippen molar-refractivity contribution in [2.24, 2.45) is 4.99 Å². The first-order valence-corrected chi connectivity index (χ1v) is 12.9. The summed E-state index contributed by atoms with van der Waals surface area (Å²) < 4.78 is 26.7. The van der Waals surface area contributed by atoms with Crippen LogP contribution in [0.3, 0.4) is 0 Å². The van der Waals surface area contributed by atoms with Gasteiger partial charge in [-0.1, -0.05) is 24.3 Å². The van der Waals surface area contributed by atoms with Crippen LogP contribution in [0.5, 0.6) is 0 Å². The molecule has 1 aromatic carbocycles. The highest BCUT2D eigenvalue weighted by Gasteiger charge is 2.24. The van der Waals surface area contributed by atoms with E-state index in [1.54, 1.807) is 0 Å². The van der Waals surface area contributed by atoms with Crippen LogP contribution in [-0.2, 0) is 22.3 Å². The van der Waals surface area contributed by atoms with E-state index < -0.39 is 10.0 Å². The van der Waals surface area contributed by atoms with E-state index in [9.17, 15) is 8.42 Å². The van der Waals surface area contributed by atoms with E-state index in [-0.39, 0.29) is 35.8 Å². The molecule has 2 rings (SSSR count). The summed E-state index contributed by atoms with van der Waals surface area (Å²) in [5, 5.41) is 7.61. The molecule has 0 amide bonds. The predicted molar refractivity (Wildman–Crippen MR) is 136 cm³/mol. The maximum absolute atomic E-state index is 12.0. The number of nitrogens with zero attached hydrogens (tertiary/aromatic N) is 1. The summed E-state index contributed by atoms with van der Waals surface area (Å²) in [6.07, 6.45) is 5.80. The summed E-state index contributed by atoms with van der Waals surface area (Å²) in [4.78, 5) is 4.70. The van der Waals surface area contributed by atoms with Crippen LogP contribution in [0.4, 0.5) is 0 Å². The first-order chi connectivity index (χ1) is 13.3. The molecule has 1 aromatic rings. The van der Waals surface area contributed by atoms with Gasteiger partial charge in [0.1, 0.15) is 0 Å². The van der Waals surface area contributed by atoms with E-state index in [2.05, 4.69) is 28.5 Å². The van der Waals surface area contributed by atoms with Crippen molar-refractivity contribution < 1.29 is 8.42 Å². The van der Waals surface area contributed by atoms with Gasteiger partial charge in [0, 0.05) is 23.9 Å². The minimum absolute atomic E-state index is 0. The summed E-state index contributed by atoms with van der Waals surface area (Å²) in [6, 6.07) is 8.02. The number of hydrogen-bond donors (Lipinski definition) is 3. The molecule has 0 aromatic heterocycles. The van der Waals surface area contributed by atoms with Crippen molar-refractivity contribution in [1.29, 1.82) is 0 Å². The fourth-order valence-corrected chi connectivity index (χ4v) is 5.56. The Hall–Kier alpha value is -0.520. The minimum atomic E-state index is -3.30. The summed E-state index contributed by atoms with van der Waals surface area (Å²) in [7, 11) is -3.30. The number of benzene rings is 1. The highest BCUT2D eigenvalue weighted by Crippen LogP contribution is 2.28. The zero-order chi connectivity index (χ0) is 20.6. The maximum Gasteiger partial charge on any atom is 0.216 e. The molecule has 0 heterocycles. The molecule has 1 aliphatic rings. The number of thioether (sulfide) groups is 1. The molecule has 0 aliphatic heterocycles. The smallest absolute Gasteiger partial charge is 0.216 e. The van der Waals surface area contributed by atoms with Crippen molar-refractivity contribution in [3.05, 3.63) is 35.4 Å². The first-order valence-electron chi connectivity index (χ1n) is 9.96. The van der Waals surface area contributed by atoms with Gasteiger partial charge in [0.15, 0.2) is 5.96 Å². The Bertz CT molecular complexity index is 739. The fraction of sp³-hybridized carbons (Fsp3) is 0.650. The molecular weight excluding hydrogens is 519 g/mol. The molecule has 0 spiro atoms. The van der Waals surface area contributed by atoms with Crippen molar-refractivity contribution in [1.82, 2.24) is 15.4 Å². The van der Waals surface area contributed by atoms with E-state index in [0.29, 0.717) is 12.6 Å². The van der Waals surface area contributed by atoms with Crippen LogP contribution in [0.1, 0.15) is 51.2 Å². The van der Waals surface area contributed by atoms with Crippen LogP contribution in [0, 0.1) is 0 Å². The Kier molecular flexibility index (Phi) is 11.9. The van der Waals surface area contributed by atoms with Gasteiger partial charge in [-0.3, -0.25) is 0 Å². The zero-order valence-corrected chi connectivity index (χ0v) is 21.7. The Morgan fingerprint density at radius 3 is 2.41 bits per heavy atom. The lowest BCUT2D eigenvalue weighted by Crippen LogP contribution is -2.42. The van der Waals surface area contributed by atoms with Gasteiger partial charge in [-0.15, -0.1) is 24.0 Å². The Morgan fingerprint density at radius 2 is 1.86 bits per heavy atom. The topological polar surface area (TPSA) is 82.6 Å². The normalized spacial score (nSPS) is 19.8. The van der Waals surface area contributed by atoms with Crippen molar-refractivity contribution in [3.63, 3.8) is 0 Å². The highest BCUT2D eigenvalue weighted by atomic mass is 127. The largest absolute Gasteiger partial charge is 0.357 e. The van der Waals surface area contributed by atoms with Gasteiger partial charge < -0.3 is 10.6 Å². The number of nitrogens with one attached hydrogen (secondary N) is 3. The third-order valence-corrected chi connectivity index (χ3v) is 7.26. The van der Waals surface area contributed by atoms with Crippen LogP contribution < -0.4 is 15.4 Å². The molecule has 0 bridgehead atoms. The van der Waals surface area contributed by atoms with Gasteiger partial charge in [0.25, 0.3) is 0 Å². The van der Waals surface area contributed by atoms with E-state index in [1.165, 1.54) is 19.3 Å². The van der Waals surface area contributed by atoms with Crippen molar-refractivity contribution in [2.45, 2.75) is 69.7 Å². The van der Waals surface area contributed by atoms with Gasteiger partial charge in [-0.25, -0.2) is 18.1 Å². The van der Waals surface area contributed by atoms with E-state index in [0.717, 1.165) is 28.9 Å². The molecule has 1 fully saturated rings. The molecule has 2 unspecified atom stereocenters. The van der Waals surface area contributed by atoms with Crippen LogP contribution in [-0.4, -0.2) is 44.5 Å². The van der Waals surface area contributed by atoms with E-state index >= 15 is 0 Å². The molecule has 0 radical (unpaired) electrons. The second kappa shape index (κ2) is 13.0. The molecule has 9 heteroatoms. The van der Waals surface area contributed by atoms with Crippen LogP contribution in [0.2, 0.25) is 0 Å². The van der Waals surface area contributed by atoms with Gasteiger partial charge in [-0.05, 0) is 57.4 Å². The number of hydrogen-bond acceptors (Lipinski definition) is 4. The number of halogens is 1. The summed E-state index contributed by atoms with van der Waals surface area (Å²) in [5.74, 6) is 0.846. The first kappa shape index (κ1) is 26.5. The summed E-state index contributed by atoms with van der Waals surface area (Å²) >= 11 is 1.95. The highest BCUT2D eigenvalue weighted by molar-refractivity contribution is 14.0. The molecule has 2 atom stereocenters. The lowest BCUT2D eigenvalue weighted by Gasteiger charge is -2.17. The second-order valence-electron chi connectivity index (χ2n) is 7.56. The predicted octanol–water partition coefficient (Wildman–Crippen LogP) is 3.47. The van der Waals surface area contributed by atoms with Gasteiger partial charge in [0.05, 0.1) is 12.3 Å². The number of aliphatic imine (C=N–C) groups is 1. The minimum Gasteiger partial charge on any atom is -0.357 e. The zero-order valence-electron chi connectivity index (χ0n) is 17.8. The van der Waals surface area contributed by atoms with Crippen LogP contribution in [0.15, 0.2) is 29.3 Å². The lowest BCUT2D eigenvalue weighted by molar-refractivity contribution is 0.569. The summed E-state index contributed by atoms with van der Waals surface area (Å²) in [5.41, 5.74) is 1.84. The average molecular weight is 555 g/mol. The summed E-state index contributed by atoms with van der Waals surface area (Å²) in [6.45, 7) is 7.09. The van der Waals surface area contributed by atoms with Crippen molar-refractivity contribution in [2.75, 3.05) is 12.8 Å². The van der Waals surface area contributed by atoms with Crippen LogP contribution in [0.25, 0.3) is 0 Å². The maximum atomic E-state index is 12.0. The molecule has 166 valence electrons. The lowest BCUT2D eigenvalue weighted by atomic mass is 10.1. The quantitative estimate of drug-likeness (QED) is 0.248. The molecule has 3 N–H and O–H groups in total. The van der Waals surface area contributed by atoms with Crippen molar-refractivity contribution in [3.8, 4) is 0 Å². The molecule has 6 nitrogen and oxygen atoms in total. The fourth-order valence-electron chi connectivity index (χ4n) is 3.33. The van der Waals surface area contributed by atoms with E-state index in [4.69, 9.17) is 4.99 Å². The monoisotopic (exact) mass is 554 g/mol. The Morgan fingerprint density at radius 1 is 1.21 bits per heavy atom. The Labute approximate surface area is 197 Å². The number of guanidine groups is 1. The van der Waals surface area contributed by atoms with Gasteiger partial charge in [-0.2, -0.15) is 11.8 Å². The SMILES string of the molecule is CCNC(=NCc1ccc(CS(=O)(=O)NC(C)C)cc1)NC1CCC(SC)C1.I. The molecule has 1 aliphatic carbocycles. The van der Waals surface area contributed by atoms with Gasteiger partial charge >= 0.3 is 0 Å². The van der Waals surface area contributed by atoms with Crippen molar-refractivity contribution >= 4 is 51.7 Å². The molecular formula is C20H35IN4O2S2. The Balaban J connectivity index is 0.00000420. The standard InChI is InChI=1S/C20H34N4O2S2.HI/c1-5-21-20(23-18-10-11-19(12-18)27-4)22-13-16-6-8-17(9-7-16)14-28(25,26)24-15(2)3;/h6-9,15,18-19,24H,5,10-14H2,1-4H3,(H2,21,22,23);1H. The average Bonchev–Trinajstić information content (AvgIpc) is 3.07. The third-order valence-electron chi connectivity index (χ3n) is 4.62. The molecule has 0 saturated heterocycles. The molecule has 1 saturated carbocycles. The van der Waals surface area contributed by atoms with Crippen LogP contribution >= 0.6 is 35.7 Å². The third kappa shape index (κ3) is 9.89. The number of rotatable bonds is 9. The number of sulfonamides is 1. The van der Waals surface area contributed by atoms with E-state index in [1.807, 2.05) is 49.9 Å². The molecule has 29 heavy (non-hydrogen) atoms.